The fourth-order valence-corrected chi connectivity index (χ4v) is 3.73. The van der Waals surface area contributed by atoms with E-state index in [1.165, 1.54) is 0 Å². The summed E-state index contributed by atoms with van der Waals surface area (Å²) in [6, 6.07) is 8.09. The molecule has 0 saturated heterocycles. The van der Waals surface area contributed by atoms with Crippen LogP contribution in [0.2, 0.25) is 5.02 Å². The summed E-state index contributed by atoms with van der Waals surface area (Å²) in [6.45, 7) is 2.62. The van der Waals surface area contributed by atoms with E-state index in [4.69, 9.17) is 16.3 Å². The molecule has 1 amide bonds. The zero-order valence-electron chi connectivity index (χ0n) is 16.7. The lowest BCUT2D eigenvalue weighted by Gasteiger charge is -2.30. The van der Waals surface area contributed by atoms with Crippen LogP contribution in [0, 0.1) is 5.92 Å². The van der Waals surface area contributed by atoms with Gasteiger partial charge in [0.1, 0.15) is 11.9 Å². The van der Waals surface area contributed by atoms with Crippen LogP contribution in [0.25, 0.3) is 0 Å². The summed E-state index contributed by atoms with van der Waals surface area (Å²) in [4.78, 5) is 16.7. The molecule has 2 fully saturated rings. The number of hydrogen-bond acceptors (Lipinski definition) is 3. The SMILES string of the molecule is CN=C(NCC(C)Oc1cccc(Cl)c1)NC1CCCC(C(=O)NC2CC2)C1. The highest BCUT2D eigenvalue weighted by molar-refractivity contribution is 6.30. The van der Waals surface area contributed by atoms with Gasteiger partial charge in [0, 0.05) is 30.1 Å². The van der Waals surface area contributed by atoms with Gasteiger partial charge < -0.3 is 20.7 Å². The Morgan fingerprint density at radius 2 is 2.07 bits per heavy atom. The lowest BCUT2D eigenvalue weighted by molar-refractivity contribution is -0.126. The first kappa shape index (κ1) is 20.8. The van der Waals surface area contributed by atoms with Gasteiger partial charge in [-0.3, -0.25) is 9.79 Å². The fraction of sp³-hybridized carbons (Fsp3) is 0.619. The number of halogens is 1. The number of nitrogens with one attached hydrogen (secondary N) is 3. The molecule has 3 atom stereocenters. The van der Waals surface area contributed by atoms with E-state index in [0.717, 1.165) is 50.2 Å². The number of guanidine groups is 1. The van der Waals surface area contributed by atoms with Crippen molar-refractivity contribution in [2.75, 3.05) is 13.6 Å². The third-order valence-corrected chi connectivity index (χ3v) is 5.46. The first-order valence-corrected chi connectivity index (χ1v) is 10.6. The van der Waals surface area contributed by atoms with Gasteiger partial charge in [0.25, 0.3) is 0 Å². The first-order valence-electron chi connectivity index (χ1n) is 10.2. The van der Waals surface area contributed by atoms with E-state index in [1.54, 1.807) is 13.1 Å². The summed E-state index contributed by atoms with van der Waals surface area (Å²) in [5.41, 5.74) is 0. The molecule has 154 valence electrons. The molecule has 2 aliphatic carbocycles. The Morgan fingerprint density at radius 1 is 1.25 bits per heavy atom. The van der Waals surface area contributed by atoms with Crippen LogP contribution in [-0.4, -0.2) is 43.6 Å². The zero-order chi connectivity index (χ0) is 19.9. The molecule has 2 aliphatic rings. The number of ether oxygens (including phenoxy) is 1. The van der Waals surface area contributed by atoms with Crippen molar-refractivity contribution in [1.82, 2.24) is 16.0 Å². The van der Waals surface area contributed by atoms with Gasteiger partial charge in [-0.25, -0.2) is 0 Å². The Bertz CT molecular complexity index is 693. The van der Waals surface area contributed by atoms with Gasteiger partial charge >= 0.3 is 0 Å². The van der Waals surface area contributed by atoms with Crippen LogP contribution in [0.4, 0.5) is 0 Å². The van der Waals surface area contributed by atoms with Crippen LogP contribution < -0.4 is 20.7 Å². The van der Waals surface area contributed by atoms with Gasteiger partial charge in [0.05, 0.1) is 6.54 Å². The van der Waals surface area contributed by atoms with E-state index in [2.05, 4.69) is 20.9 Å². The molecule has 0 spiro atoms. The summed E-state index contributed by atoms with van der Waals surface area (Å²) >= 11 is 6.00. The second-order valence-electron chi connectivity index (χ2n) is 7.83. The quantitative estimate of drug-likeness (QED) is 0.480. The molecule has 6 nitrogen and oxygen atoms in total. The van der Waals surface area contributed by atoms with Crippen LogP contribution in [0.5, 0.6) is 5.75 Å². The molecular formula is C21H31ClN4O2. The smallest absolute Gasteiger partial charge is 0.223 e. The normalized spacial score (nSPS) is 23.6. The largest absolute Gasteiger partial charge is 0.489 e. The van der Waals surface area contributed by atoms with Gasteiger partial charge in [-0.15, -0.1) is 0 Å². The number of amides is 1. The highest BCUT2D eigenvalue weighted by Crippen LogP contribution is 2.26. The summed E-state index contributed by atoms with van der Waals surface area (Å²) in [6.07, 6.45) is 6.17. The molecule has 3 unspecified atom stereocenters. The van der Waals surface area contributed by atoms with Crippen molar-refractivity contribution < 1.29 is 9.53 Å². The molecule has 2 saturated carbocycles. The molecule has 0 aliphatic heterocycles. The number of benzene rings is 1. The average molecular weight is 407 g/mol. The highest BCUT2D eigenvalue weighted by atomic mass is 35.5. The minimum absolute atomic E-state index is 0.0413. The minimum atomic E-state index is -0.0413. The number of carbonyl (C=O) groups excluding carboxylic acids is 1. The maximum atomic E-state index is 12.4. The Balaban J connectivity index is 1.42. The van der Waals surface area contributed by atoms with Gasteiger partial charge in [-0.2, -0.15) is 0 Å². The first-order chi connectivity index (χ1) is 13.5. The third kappa shape index (κ3) is 6.59. The predicted molar refractivity (Wildman–Crippen MR) is 113 cm³/mol. The van der Waals surface area contributed by atoms with E-state index < -0.39 is 0 Å². The van der Waals surface area contributed by atoms with Crippen molar-refractivity contribution in [3.8, 4) is 5.75 Å². The van der Waals surface area contributed by atoms with Gasteiger partial charge in [0.2, 0.25) is 5.91 Å². The van der Waals surface area contributed by atoms with Crippen LogP contribution in [0.3, 0.4) is 0 Å². The topological polar surface area (TPSA) is 74.8 Å². The van der Waals surface area contributed by atoms with Crippen LogP contribution in [0.15, 0.2) is 29.3 Å². The maximum Gasteiger partial charge on any atom is 0.223 e. The second kappa shape index (κ2) is 10.0. The molecule has 0 aromatic heterocycles. The van der Waals surface area contributed by atoms with Crippen molar-refractivity contribution in [3.63, 3.8) is 0 Å². The molecule has 0 heterocycles. The predicted octanol–water partition coefficient (Wildman–Crippen LogP) is 3.11. The van der Waals surface area contributed by atoms with Crippen LogP contribution in [0.1, 0.15) is 45.4 Å². The van der Waals surface area contributed by atoms with Gasteiger partial charge in [-0.1, -0.05) is 24.1 Å². The molecule has 3 N–H and O–H groups in total. The Morgan fingerprint density at radius 3 is 2.79 bits per heavy atom. The third-order valence-electron chi connectivity index (χ3n) is 5.22. The molecular weight excluding hydrogens is 376 g/mol. The van der Waals surface area contributed by atoms with E-state index in [1.807, 2.05) is 25.1 Å². The molecule has 28 heavy (non-hydrogen) atoms. The summed E-state index contributed by atoms with van der Waals surface area (Å²) in [5.74, 6) is 1.83. The summed E-state index contributed by atoms with van der Waals surface area (Å²) in [5, 5.41) is 10.6. The summed E-state index contributed by atoms with van der Waals surface area (Å²) in [7, 11) is 1.76. The number of aliphatic imine (C=N–C) groups is 1. The molecule has 0 bridgehead atoms. The van der Waals surface area contributed by atoms with E-state index >= 15 is 0 Å². The number of rotatable bonds is 7. The zero-order valence-corrected chi connectivity index (χ0v) is 17.5. The van der Waals surface area contributed by atoms with Crippen molar-refractivity contribution in [1.29, 1.82) is 0 Å². The van der Waals surface area contributed by atoms with Crippen molar-refractivity contribution in [2.45, 2.75) is 63.6 Å². The number of carbonyl (C=O) groups is 1. The molecule has 1 aromatic rings. The maximum absolute atomic E-state index is 12.4. The second-order valence-corrected chi connectivity index (χ2v) is 8.26. The standard InChI is InChI=1S/C21H31ClN4O2/c1-14(28-19-8-4-6-16(22)12-19)13-24-21(23-2)26-18-7-3-5-15(11-18)20(27)25-17-9-10-17/h4,6,8,12,14-15,17-18H,3,5,7,9-11,13H2,1-2H3,(H,25,27)(H2,23,24,26). The van der Waals surface area contributed by atoms with Crippen molar-refractivity contribution in [3.05, 3.63) is 29.3 Å². The van der Waals surface area contributed by atoms with Crippen LogP contribution >= 0.6 is 11.6 Å². The molecule has 7 heteroatoms. The minimum Gasteiger partial charge on any atom is -0.489 e. The lowest BCUT2D eigenvalue weighted by atomic mass is 9.85. The molecule has 3 rings (SSSR count). The van der Waals surface area contributed by atoms with E-state index in [-0.39, 0.29) is 24.0 Å². The summed E-state index contributed by atoms with van der Waals surface area (Å²) < 4.78 is 5.89. The van der Waals surface area contributed by atoms with Crippen LogP contribution in [-0.2, 0) is 4.79 Å². The van der Waals surface area contributed by atoms with Gasteiger partial charge in [0.15, 0.2) is 5.96 Å². The Labute approximate surface area is 172 Å². The Hall–Kier alpha value is -1.95. The Kier molecular flexibility index (Phi) is 7.43. The monoisotopic (exact) mass is 406 g/mol. The van der Waals surface area contributed by atoms with E-state index in [0.29, 0.717) is 17.6 Å². The van der Waals surface area contributed by atoms with E-state index in [9.17, 15) is 4.79 Å². The highest BCUT2D eigenvalue weighted by Gasteiger charge is 2.31. The van der Waals surface area contributed by atoms with Crippen molar-refractivity contribution >= 4 is 23.5 Å². The average Bonchev–Trinajstić information content (AvgIpc) is 3.49. The van der Waals surface area contributed by atoms with Crippen molar-refractivity contribution in [2.24, 2.45) is 10.9 Å². The number of hydrogen-bond donors (Lipinski definition) is 3. The van der Waals surface area contributed by atoms with Gasteiger partial charge in [-0.05, 0) is 57.2 Å². The number of nitrogens with zero attached hydrogens (tertiary/aromatic N) is 1. The molecule has 0 radical (unpaired) electrons. The lowest BCUT2D eigenvalue weighted by Crippen LogP contribution is -2.48. The molecule has 1 aromatic carbocycles. The fourth-order valence-electron chi connectivity index (χ4n) is 3.55.